The number of hydrogen-bond donors (Lipinski definition) is 1. The monoisotopic (exact) mass is 510 g/mol. The van der Waals surface area contributed by atoms with Gasteiger partial charge >= 0.3 is 5.97 Å². The molecule has 1 saturated heterocycles. The summed E-state index contributed by atoms with van der Waals surface area (Å²) in [5.41, 5.74) is 2.26. The van der Waals surface area contributed by atoms with Gasteiger partial charge in [0.25, 0.3) is 0 Å². The molecule has 2 aromatic carbocycles. The molecule has 0 radical (unpaired) electrons. The zero-order valence-electron chi connectivity index (χ0n) is 20.9. The topological polar surface area (TPSA) is 62.7 Å². The molecule has 1 N–H and O–H groups in total. The van der Waals surface area contributed by atoms with Crippen LogP contribution in [0, 0.1) is 17.7 Å². The lowest BCUT2D eigenvalue weighted by Crippen LogP contribution is -2.41. The van der Waals surface area contributed by atoms with Gasteiger partial charge in [-0.2, -0.15) is 0 Å². The van der Waals surface area contributed by atoms with Crippen LogP contribution in [-0.4, -0.2) is 53.5 Å². The van der Waals surface area contributed by atoms with Gasteiger partial charge < -0.3 is 14.7 Å². The minimum absolute atomic E-state index is 0.166. The lowest BCUT2D eigenvalue weighted by Gasteiger charge is -2.39. The quantitative estimate of drug-likeness (QED) is 0.289. The standard InChI is InChI=1S/C29H35FN2O3S/c1-35-24-10-11-27-25(19-24)22(13-15-31-27)6-4-5-21-14-16-32(20-23(21)9-12-29(33)34)17-18-36-28-8-3-2-7-26(28)30/h2-3,7-8,10-11,13,15,19,21,23H,4-6,9,12,14,16-18,20H2,1H3,(H,33,34). The Hall–Kier alpha value is -2.64. The van der Waals surface area contributed by atoms with Crippen LogP contribution in [0.4, 0.5) is 4.39 Å². The fourth-order valence-electron chi connectivity index (χ4n) is 5.30. The molecule has 2 unspecified atom stereocenters. The number of fused-ring (bicyclic) bond motifs is 1. The van der Waals surface area contributed by atoms with Gasteiger partial charge in [0.05, 0.1) is 12.6 Å². The van der Waals surface area contributed by atoms with E-state index >= 15 is 0 Å². The van der Waals surface area contributed by atoms with E-state index in [2.05, 4.69) is 22.0 Å². The van der Waals surface area contributed by atoms with Gasteiger partial charge in [-0.3, -0.25) is 9.78 Å². The number of pyridine rings is 1. The van der Waals surface area contributed by atoms with Crippen molar-refractivity contribution in [3.63, 3.8) is 0 Å². The summed E-state index contributed by atoms with van der Waals surface area (Å²) in [7, 11) is 1.68. The van der Waals surface area contributed by atoms with Crippen LogP contribution in [0.1, 0.15) is 37.7 Å². The van der Waals surface area contributed by atoms with Crippen LogP contribution in [0.2, 0.25) is 0 Å². The third-order valence-electron chi connectivity index (χ3n) is 7.27. The average molecular weight is 511 g/mol. The zero-order chi connectivity index (χ0) is 25.3. The highest BCUT2D eigenvalue weighted by molar-refractivity contribution is 7.99. The van der Waals surface area contributed by atoms with E-state index in [-0.39, 0.29) is 12.2 Å². The summed E-state index contributed by atoms with van der Waals surface area (Å²) in [4.78, 5) is 18.9. The molecule has 1 aliphatic heterocycles. The summed E-state index contributed by atoms with van der Waals surface area (Å²) in [6, 6.07) is 15.0. The fourth-order valence-corrected chi connectivity index (χ4v) is 6.25. The van der Waals surface area contributed by atoms with Gasteiger partial charge in [0, 0.05) is 41.7 Å². The number of aromatic nitrogens is 1. The predicted molar refractivity (Wildman–Crippen MR) is 143 cm³/mol. The minimum Gasteiger partial charge on any atom is -0.497 e. The first kappa shape index (κ1) is 26.4. The second-order valence-electron chi connectivity index (χ2n) is 9.57. The third kappa shape index (κ3) is 7.20. The maximum atomic E-state index is 13.9. The number of nitrogens with zero attached hydrogens (tertiary/aromatic N) is 2. The van der Waals surface area contributed by atoms with E-state index in [0.717, 1.165) is 67.7 Å². The van der Waals surface area contributed by atoms with Crippen LogP contribution in [0.25, 0.3) is 10.9 Å². The maximum Gasteiger partial charge on any atom is 0.303 e. The van der Waals surface area contributed by atoms with E-state index in [1.54, 1.807) is 24.9 Å². The summed E-state index contributed by atoms with van der Waals surface area (Å²) in [5, 5.41) is 10.4. The van der Waals surface area contributed by atoms with Crippen molar-refractivity contribution in [2.45, 2.75) is 43.4 Å². The van der Waals surface area contributed by atoms with Crippen LogP contribution < -0.4 is 4.74 Å². The number of thioether (sulfide) groups is 1. The summed E-state index contributed by atoms with van der Waals surface area (Å²) >= 11 is 1.55. The Balaban J connectivity index is 1.32. The van der Waals surface area contributed by atoms with Crippen molar-refractivity contribution in [3.8, 4) is 5.75 Å². The Labute approximate surface area is 217 Å². The molecule has 0 bridgehead atoms. The number of aryl methyl sites for hydroxylation is 1. The smallest absolute Gasteiger partial charge is 0.303 e. The predicted octanol–water partition coefficient (Wildman–Crippen LogP) is 6.30. The second kappa shape index (κ2) is 13.1. The first-order valence-corrected chi connectivity index (χ1v) is 13.7. The zero-order valence-corrected chi connectivity index (χ0v) is 21.7. The second-order valence-corrected chi connectivity index (χ2v) is 10.7. The number of aliphatic carboxylic acids is 1. The van der Waals surface area contributed by atoms with Crippen LogP contribution in [0.15, 0.2) is 59.6 Å². The number of rotatable bonds is 12. The van der Waals surface area contributed by atoms with Gasteiger partial charge in [0.1, 0.15) is 11.6 Å². The first-order valence-electron chi connectivity index (χ1n) is 12.8. The van der Waals surface area contributed by atoms with Crippen LogP contribution >= 0.6 is 11.8 Å². The first-order chi connectivity index (χ1) is 17.5. The van der Waals surface area contributed by atoms with Gasteiger partial charge in [-0.25, -0.2) is 4.39 Å². The van der Waals surface area contributed by atoms with Crippen LogP contribution in [-0.2, 0) is 11.2 Å². The Morgan fingerprint density at radius 3 is 2.86 bits per heavy atom. The van der Waals surface area contributed by atoms with Crippen molar-refractivity contribution in [1.29, 1.82) is 0 Å². The fraction of sp³-hybridized carbons (Fsp3) is 0.448. The molecular weight excluding hydrogens is 475 g/mol. The molecule has 0 aliphatic carbocycles. The lowest BCUT2D eigenvalue weighted by atomic mass is 9.79. The number of likely N-dealkylation sites (tertiary alicyclic amines) is 1. The Bertz CT molecular complexity index is 1160. The molecule has 0 amide bonds. The van der Waals surface area contributed by atoms with Gasteiger partial charge in [-0.05, 0) is 92.4 Å². The maximum absolute atomic E-state index is 13.9. The molecule has 2 atom stereocenters. The molecule has 0 saturated carbocycles. The molecule has 4 rings (SSSR count). The van der Waals surface area contributed by atoms with Crippen LogP contribution in [0.3, 0.4) is 0 Å². The van der Waals surface area contributed by atoms with Crippen LogP contribution in [0.5, 0.6) is 5.75 Å². The normalized spacial score (nSPS) is 18.4. The molecule has 1 aromatic heterocycles. The molecule has 1 aliphatic rings. The molecule has 3 aromatic rings. The molecule has 2 heterocycles. The number of benzene rings is 2. The van der Waals surface area contributed by atoms with Crippen molar-refractivity contribution in [2.75, 3.05) is 32.5 Å². The largest absolute Gasteiger partial charge is 0.497 e. The summed E-state index contributed by atoms with van der Waals surface area (Å²) < 4.78 is 19.3. The Morgan fingerprint density at radius 2 is 2.06 bits per heavy atom. The number of halogens is 1. The summed E-state index contributed by atoms with van der Waals surface area (Å²) in [6.45, 7) is 2.83. The Morgan fingerprint density at radius 1 is 1.19 bits per heavy atom. The number of piperidine rings is 1. The molecular formula is C29H35FN2O3S. The number of carboxylic acid groups (broad SMARTS) is 1. The van der Waals surface area contributed by atoms with Crippen molar-refractivity contribution in [3.05, 3.63) is 66.1 Å². The summed E-state index contributed by atoms with van der Waals surface area (Å²) in [5.74, 6) is 1.69. The number of carboxylic acids is 1. The van der Waals surface area contributed by atoms with Crippen molar-refractivity contribution in [2.24, 2.45) is 11.8 Å². The third-order valence-corrected chi connectivity index (χ3v) is 8.30. The molecule has 5 nitrogen and oxygen atoms in total. The van der Waals surface area contributed by atoms with Crippen molar-refractivity contribution >= 4 is 28.6 Å². The van der Waals surface area contributed by atoms with Gasteiger partial charge in [-0.15, -0.1) is 11.8 Å². The van der Waals surface area contributed by atoms with E-state index < -0.39 is 5.97 Å². The number of ether oxygens (including phenoxy) is 1. The lowest BCUT2D eigenvalue weighted by molar-refractivity contribution is -0.137. The molecule has 1 fully saturated rings. The van der Waals surface area contributed by atoms with Gasteiger partial charge in [0.15, 0.2) is 0 Å². The van der Waals surface area contributed by atoms with Crippen molar-refractivity contribution in [1.82, 2.24) is 9.88 Å². The van der Waals surface area contributed by atoms with Crippen molar-refractivity contribution < 1.29 is 19.0 Å². The SMILES string of the molecule is COc1ccc2nccc(CCCC3CCN(CCSc4ccccc4F)CC3CCC(=O)O)c2c1. The molecule has 192 valence electrons. The number of methoxy groups -OCH3 is 1. The van der Waals surface area contributed by atoms with E-state index in [1.165, 1.54) is 11.6 Å². The summed E-state index contributed by atoms with van der Waals surface area (Å²) in [6.07, 6.45) is 7.01. The van der Waals surface area contributed by atoms with E-state index in [9.17, 15) is 14.3 Å². The van der Waals surface area contributed by atoms with E-state index in [0.29, 0.717) is 23.2 Å². The minimum atomic E-state index is -0.724. The highest BCUT2D eigenvalue weighted by Crippen LogP contribution is 2.33. The number of carbonyl (C=O) groups is 1. The highest BCUT2D eigenvalue weighted by Gasteiger charge is 2.29. The number of hydrogen-bond acceptors (Lipinski definition) is 5. The Kier molecular flexibility index (Phi) is 9.59. The van der Waals surface area contributed by atoms with E-state index in [1.807, 2.05) is 30.5 Å². The van der Waals surface area contributed by atoms with Gasteiger partial charge in [0.2, 0.25) is 0 Å². The average Bonchev–Trinajstić information content (AvgIpc) is 2.89. The highest BCUT2D eigenvalue weighted by atomic mass is 32.2. The van der Waals surface area contributed by atoms with Gasteiger partial charge in [-0.1, -0.05) is 12.1 Å². The molecule has 36 heavy (non-hydrogen) atoms. The van der Waals surface area contributed by atoms with E-state index in [4.69, 9.17) is 4.74 Å². The molecule has 7 heteroatoms. The molecule has 0 spiro atoms.